The van der Waals surface area contributed by atoms with Crippen molar-refractivity contribution in [3.05, 3.63) is 64.2 Å². The van der Waals surface area contributed by atoms with Gasteiger partial charge in [0.25, 0.3) is 5.91 Å². The molecule has 0 saturated heterocycles. The molecule has 2 aromatic carbocycles. The lowest BCUT2D eigenvalue weighted by Gasteiger charge is -2.17. The minimum Gasteiger partial charge on any atom is -0.317 e. The number of nitrogens with zero attached hydrogens (tertiary/aromatic N) is 2. The highest BCUT2D eigenvalue weighted by Crippen LogP contribution is 2.32. The Balaban J connectivity index is 1.88. The molecule has 1 amide bonds. The molecule has 27 heavy (non-hydrogen) atoms. The summed E-state index contributed by atoms with van der Waals surface area (Å²) < 4.78 is 0. The maximum atomic E-state index is 12.9. The third-order valence-corrected chi connectivity index (χ3v) is 4.67. The first-order valence-corrected chi connectivity index (χ1v) is 9.42. The molecule has 0 atom stereocenters. The van der Waals surface area contributed by atoms with Gasteiger partial charge >= 0.3 is 5.97 Å². The van der Waals surface area contributed by atoms with Crippen molar-refractivity contribution < 1.29 is 14.4 Å². The fourth-order valence-corrected chi connectivity index (χ4v) is 3.06. The van der Waals surface area contributed by atoms with Gasteiger partial charge in [0.1, 0.15) is 0 Å². The maximum absolute atomic E-state index is 12.9. The van der Waals surface area contributed by atoms with Crippen molar-refractivity contribution in [2.24, 2.45) is 5.16 Å². The third-order valence-electron chi connectivity index (χ3n) is 4.15. The van der Waals surface area contributed by atoms with Crippen LogP contribution in [0.3, 0.4) is 0 Å². The summed E-state index contributed by atoms with van der Waals surface area (Å²) in [4.78, 5) is 31.2. The van der Waals surface area contributed by atoms with Crippen LogP contribution < -0.4 is 4.90 Å². The molecule has 2 aromatic rings. The van der Waals surface area contributed by atoms with Crippen molar-refractivity contribution in [3.63, 3.8) is 0 Å². The highest BCUT2D eigenvalue weighted by Gasteiger charge is 2.35. The number of carbonyl (C=O) groups excluding carboxylic acids is 2. The van der Waals surface area contributed by atoms with Crippen LogP contribution in [-0.2, 0) is 21.0 Å². The van der Waals surface area contributed by atoms with Crippen molar-refractivity contribution >= 4 is 46.5 Å². The molecule has 0 aliphatic carbocycles. The van der Waals surface area contributed by atoms with Gasteiger partial charge in [0.15, 0.2) is 5.71 Å². The van der Waals surface area contributed by atoms with Gasteiger partial charge in [-0.05, 0) is 43.2 Å². The molecule has 140 valence electrons. The number of amides is 1. The van der Waals surface area contributed by atoms with Gasteiger partial charge < -0.3 is 9.74 Å². The average molecular weight is 405 g/mol. The Morgan fingerprint density at radius 1 is 1.19 bits per heavy atom. The smallest absolute Gasteiger partial charge is 0.317 e. The predicted octanol–water partition coefficient (Wildman–Crippen LogP) is 4.46. The topological polar surface area (TPSA) is 59.0 Å². The van der Waals surface area contributed by atoms with Gasteiger partial charge in [-0.15, -0.1) is 11.6 Å². The first-order valence-electron chi connectivity index (χ1n) is 8.50. The van der Waals surface area contributed by atoms with Crippen LogP contribution in [0.4, 0.5) is 5.69 Å². The number of hydrogen-bond acceptors (Lipinski definition) is 4. The molecule has 1 heterocycles. The van der Waals surface area contributed by atoms with Crippen LogP contribution in [0.15, 0.2) is 47.6 Å². The normalized spacial score (nSPS) is 14.6. The van der Waals surface area contributed by atoms with Crippen molar-refractivity contribution in [1.29, 1.82) is 0 Å². The summed E-state index contributed by atoms with van der Waals surface area (Å²) in [6, 6.07) is 12.9. The highest BCUT2D eigenvalue weighted by molar-refractivity contribution is 6.54. The molecule has 7 heteroatoms. The van der Waals surface area contributed by atoms with E-state index in [2.05, 4.69) is 5.16 Å². The number of rotatable bonds is 6. The number of fused-ring (bicyclic) bond motifs is 1. The molecule has 0 unspecified atom stereocenters. The second-order valence-electron chi connectivity index (χ2n) is 6.23. The van der Waals surface area contributed by atoms with E-state index in [0.29, 0.717) is 29.4 Å². The molecule has 1 aliphatic rings. The van der Waals surface area contributed by atoms with E-state index < -0.39 is 5.97 Å². The highest BCUT2D eigenvalue weighted by atomic mass is 35.5. The van der Waals surface area contributed by atoms with Crippen LogP contribution in [0.5, 0.6) is 0 Å². The Kier molecular flexibility index (Phi) is 6.14. The number of alkyl halides is 1. The van der Waals surface area contributed by atoms with Crippen molar-refractivity contribution in [3.8, 4) is 0 Å². The molecule has 3 rings (SSSR count). The quantitative estimate of drug-likeness (QED) is 0.405. The minimum atomic E-state index is -0.513. The standard InChI is InChI=1S/C20H18Cl2N2O3/c1-13-4-9-17-16(11-13)19(23-27-18(25)3-2-10-21)20(26)24(17)12-14-5-7-15(22)8-6-14/h4-9,11H,2-3,10,12H2,1H3/b23-19-. The summed E-state index contributed by atoms with van der Waals surface area (Å²) in [7, 11) is 0. The fourth-order valence-electron chi connectivity index (χ4n) is 2.80. The van der Waals surface area contributed by atoms with Gasteiger partial charge in [0.2, 0.25) is 0 Å². The summed E-state index contributed by atoms with van der Waals surface area (Å²) >= 11 is 11.5. The monoisotopic (exact) mass is 404 g/mol. The average Bonchev–Trinajstić information content (AvgIpc) is 2.91. The molecule has 1 aliphatic heterocycles. The zero-order valence-electron chi connectivity index (χ0n) is 14.7. The number of hydrogen-bond donors (Lipinski definition) is 0. The third kappa shape index (κ3) is 4.49. The Hall–Kier alpha value is -2.37. The fraction of sp³-hybridized carbons (Fsp3) is 0.250. The lowest BCUT2D eigenvalue weighted by molar-refractivity contribution is -0.143. The van der Waals surface area contributed by atoms with Crippen LogP contribution in [0.1, 0.15) is 29.5 Å². The Morgan fingerprint density at radius 2 is 1.93 bits per heavy atom. The summed E-state index contributed by atoms with van der Waals surface area (Å²) in [5.41, 5.74) is 3.42. The molecule has 0 saturated carbocycles. The van der Waals surface area contributed by atoms with Crippen molar-refractivity contribution in [2.45, 2.75) is 26.3 Å². The van der Waals surface area contributed by atoms with E-state index >= 15 is 0 Å². The van der Waals surface area contributed by atoms with Crippen LogP contribution in [-0.4, -0.2) is 23.5 Å². The molecule has 5 nitrogen and oxygen atoms in total. The van der Waals surface area contributed by atoms with Crippen LogP contribution in [0, 0.1) is 6.92 Å². The van der Waals surface area contributed by atoms with Gasteiger partial charge in [-0.3, -0.25) is 4.79 Å². The van der Waals surface area contributed by atoms with E-state index in [1.165, 1.54) is 0 Å². The number of halogens is 2. The summed E-state index contributed by atoms with van der Waals surface area (Å²) in [6.07, 6.45) is 0.654. The first-order chi connectivity index (χ1) is 13.0. The molecule has 0 bridgehead atoms. The Morgan fingerprint density at radius 3 is 2.63 bits per heavy atom. The van der Waals surface area contributed by atoms with E-state index in [4.69, 9.17) is 28.0 Å². The molecule has 0 aromatic heterocycles. The molecule has 0 N–H and O–H groups in total. The zero-order chi connectivity index (χ0) is 19.4. The number of benzene rings is 2. The van der Waals surface area contributed by atoms with E-state index in [0.717, 1.165) is 16.8 Å². The number of anilines is 1. The summed E-state index contributed by atoms with van der Waals surface area (Å²) in [5, 5.41) is 4.49. The van der Waals surface area contributed by atoms with Crippen LogP contribution >= 0.6 is 23.2 Å². The van der Waals surface area contributed by atoms with Gasteiger partial charge in [-0.25, -0.2) is 4.79 Å². The lowest BCUT2D eigenvalue weighted by atomic mass is 10.1. The van der Waals surface area contributed by atoms with E-state index in [1.807, 2.05) is 37.3 Å². The van der Waals surface area contributed by atoms with Gasteiger partial charge in [0.05, 0.1) is 12.2 Å². The Bertz CT molecular complexity index is 895. The van der Waals surface area contributed by atoms with Crippen LogP contribution in [0.2, 0.25) is 5.02 Å². The maximum Gasteiger partial charge on any atom is 0.335 e. The van der Waals surface area contributed by atoms with Crippen molar-refractivity contribution in [1.82, 2.24) is 0 Å². The second-order valence-corrected chi connectivity index (χ2v) is 7.05. The molecule has 0 fully saturated rings. The summed E-state index contributed by atoms with van der Waals surface area (Å²) in [5.74, 6) is -0.460. The van der Waals surface area contributed by atoms with Crippen molar-refractivity contribution in [2.75, 3.05) is 10.8 Å². The zero-order valence-corrected chi connectivity index (χ0v) is 16.3. The number of oxime groups is 1. The van der Waals surface area contributed by atoms with Crippen LogP contribution in [0.25, 0.3) is 0 Å². The summed E-state index contributed by atoms with van der Waals surface area (Å²) in [6.45, 7) is 2.29. The molecular formula is C20H18Cl2N2O3. The van der Waals surface area contributed by atoms with Gasteiger partial charge in [-0.1, -0.05) is 40.5 Å². The van der Waals surface area contributed by atoms with E-state index in [-0.39, 0.29) is 18.0 Å². The first kappa shape index (κ1) is 19.4. The molecular weight excluding hydrogens is 387 g/mol. The Labute approximate surface area is 167 Å². The van der Waals surface area contributed by atoms with Gasteiger partial charge in [0, 0.05) is 22.9 Å². The molecule has 0 radical (unpaired) electrons. The van der Waals surface area contributed by atoms with E-state index in [9.17, 15) is 9.59 Å². The lowest BCUT2D eigenvalue weighted by Crippen LogP contribution is -2.29. The molecule has 0 spiro atoms. The largest absolute Gasteiger partial charge is 0.335 e. The van der Waals surface area contributed by atoms with E-state index in [1.54, 1.807) is 17.0 Å². The number of aryl methyl sites for hydroxylation is 1. The minimum absolute atomic E-state index is 0.127. The number of carbonyl (C=O) groups is 2. The predicted molar refractivity (Wildman–Crippen MR) is 106 cm³/mol. The van der Waals surface area contributed by atoms with Gasteiger partial charge in [-0.2, -0.15) is 0 Å². The second kappa shape index (κ2) is 8.55. The SMILES string of the molecule is Cc1ccc2c(c1)/C(=N/OC(=O)CCCCl)C(=O)N2Cc1ccc(Cl)cc1.